The van der Waals surface area contributed by atoms with Crippen LogP contribution >= 0.6 is 38.6 Å². The van der Waals surface area contributed by atoms with Crippen LogP contribution in [0.3, 0.4) is 0 Å². The van der Waals surface area contributed by atoms with Crippen molar-refractivity contribution in [1.82, 2.24) is 9.97 Å². The van der Waals surface area contributed by atoms with Crippen LogP contribution in [0.4, 0.5) is 17.1 Å². The number of para-hydroxylation sites is 2. The van der Waals surface area contributed by atoms with Crippen molar-refractivity contribution in [1.29, 1.82) is 0 Å². The molecule has 0 fully saturated rings. The molecule has 0 radical (unpaired) electrons. The average Bonchev–Trinajstić information content (AvgIpc) is 3.61. The summed E-state index contributed by atoms with van der Waals surface area (Å²) < 4.78 is 16.2. The molecule has 0 N–H and O–H groups in total. The lowest BCUT2D eigenvalue weighted by molar-refractivity contribution is 0.445. The van der Waals surface area contributed by atoms with E-state index < -0.39 is 0 Å². The molecular weight excluding hydrogens is 602 g/mol. The Morgan fingerprint density at radius 3 is 1.57 bits per heavy atom. The van der Waals surface area contributed by atoms with E-state index >= 15 is 0 Å². The first-order valence-corrected chi connectivity index (χ1v) is 15.1. The zero-order valence-corrected chi connectivity index (χ0v) is 23.8. The Hall–Kier alpha value is -4.24. The summed E-state index contributed by atoms with van der Waals surface area (Å²) in [6.45, 7) is 0. The summed E-state index contributed by atoms with van der Waals surface area (Å²) in [6, 6.07) is 33.1. The first kappa shape index (κ1) is 22.6. The van der Waals surface area contributed by atoms with Gasteiger partial charge in [-0.2, -0.15) is 0 Å². The Morgan fingerprint density at radius 1 is 0.575 bits per heavy atom. The van der Waals surface area contributed by atoms with Crippen molar-refractivity contribution < 1.29 is 9.47 Å². The van der Waals surface area contributed by atoms with Gasteiger partial charge in [0.2, 0.25) is 0 Å². The second-order valence-corrected chi connectivity index (χ2v) is 12.6. The number of ether oxygens (including phenoxy) is 2. The number of thiazole rings is 2. The molecule has 8 heteroatoms. The van der Waals surface area contributed by atoms with Crippen molar-refractivity contribution in [3.8, 4) is 44.1 Å². The van der Waals surface area contributed by atoms with Gasteiger partial charge in [-0.25, -0.2) is 9.97 Å². The third kappa shape index (κ3) is 3.37. The second kappa shape index (κ2) is 8.38. The molecule has 0 unspecified atom stereocenters. The van der Waals surface area contributed by atoms with E-state index in [1.54, 1.807) is 22.7 Å². The summed E-state index contributed by atoms with van der Waals surface area (Å²) in [5, 5.41) is 1.94. The van der Waals surface area contributed by atoms with Gasteiger partial charge < -0.3 is 9.47 Å². The Kier molecular flexibility index (Phi) is 4.73. The van der Waals surface area contributed by atoms with E-state index in [0.717, 1.165) is 76.7 Å². The molecule has 0 bridgehead atoms. The number of anilines is 3. The van der Waals surface area contributed by atoms with Crippen LogP contribution in [0.2, 0.25) is 0 Å². The van der Waals surface area contributed by atoms with Crippen LogP contribution in [0, 0.1) is 0 Å². The Labute approximate surface area is 245 Å². The number of halogens is 1. The van der Waals surface area contributed by atoms with Gasteiger partial charge in [-0.1, -0.05) is 40.2 Å². The number of fused-ring (bicyclic) bond motifs is 6. The predicted octanol–water partition coefficient (Wildman–Crippen LogP) is 10.7. The van der Waals surface area contributed by atoms with Crippen LogP contribution in [-0.2, 0) is 0 Å². The smallest absolute Gasteiger partial charge is 0.156 e. The molecular formula is C32H16BrN3O2S2. The first-order valence-electron chi connectivity index (χ1n) is 12.7. The van der Waals surface area contributed by atoms with E-state index in [-0.39, 0.29) is 0 Å². The number of hydrogen-bond acceptors (Lipinski definition) is 7. The van der Waals surface area contributed by atoms with Crippen LogP contribution in [0.5, 0.6) is 23.0 Å². The number of hydrogen-bond donors (Lipinski definition) is 0. The van der Waals surface area contributed by atoms with Crippen molar-refractivity contribution in [3.05, 3.63) is 102 Å². The van der Waals surface area contributed by atoms with Crippen molar-refractivity contribution in [2.75, 3.05) is 4.90 Å². The lowest BCUT2D eigenvalue weighted by Gasteiger charge is -2.38. The summed E-state index contributed by atoms with van der Waals surface area (Å²) >= 11 is 7.02. The lowest BCUT2D eigenvalue weighted by Crippen LogP contribution is -2.20. The van der Waals surface area contributed by atoms with E-state index in [0.29, 0.717) is 0 Å². The molecule has 2 aliphatic heterocycles. The number of nitrogens with zero attached hydrogens (tertiary/aromatic N) is 3. The molecule has 5 nitrogen and oxygen atoms in total. The van der Waals surface area contributed by atoms with Gasteiger partial charge in [0.1, 0.15) is 15.7 Å². The highest BCUT2D eigenvalue weighted by atomic mass is 79.9. The number of rotatable bonds is 2. The number of aromatic nitrogens is 2. The van der Waals surface area contributed by atoms with E-state index in [2.05, 4.69) is 69.4 Å². The highest BCUT2D eigenvalue weighted by Crippen LogP contribution is 2.61. The maximum Gasteiger partial charge on any atom is 0.156 e. The molecule has 9 rings (SSSR count). The van der Waals surface area contributed by atoms with Crippen molar-refractivity contribution in [3.63, 3.8) is 0 Å². The minimum absolute atomic E-state index is 0.735. The van der Waals surface area contributed by atoms with Crippen molar-refractivity contribution in [2.45, 2.75) is 0 Å². The van der Waals surface area contributed by atoms with E-state index in [1.165, 1.54) is 9.40 Å². The van der Waals surface area contributed by atoms with Crippen LogP contribution in [0.1, 0.15) is 0 Å². The molecule has 190 valence electrons. The topological polar surface area (TPSA) is 47.5 Å². The third-order valence-electron chi connectivity index (χ3n) is 7.15. The molecule has 7 aromatic rings. The third-order valence-corrected chi connectivity index (χ3v) is 9.78. The van der Waals surface area contributed by atoms with Gasteiger partial charge in [0.25, 0.3) is 0 Å². The summed E-state index contributed by atoms with van der Waals surface area (Å²) in [7, 11) is 0. The summed E-state index contributed by atoms with van der Waals surface area (Å²) in [5.74, 6) is 3.02. The van der Waals surface area contributed by atoms with E-state index in [1.807, 2.05) is 48.5 Å². The predicted molar refractivity (Wildman–Crippen MR) is 166 cm³/mol. The van der Waals surface area contributed by atoms with Gasteiger partial charge >= 0.3 is 0 Å². The second-order valence-electron chi connectivity index (χ2n) is 9.63. The molecule has 2 aromatic heterocycles. The van der Waals surface area contributed by atoms with Gasteiger partial charge in [-0.3, -0.25) is 4.90 Å². The van der Waals surface area contributed by atoms with Gasteiger partial charge in [0.05, 0.1) is 31.8 Å². The summed E-state index contributed by atoms with van der Waals surface area (Å²) in [6.07, 6.45) is 0. The number of benzene rings is 5. The Balaban J connectivity index is 1.19. The SMILES string of the molecule is Brc1cc2c3c(c1)Oc1cc(-c4nc5ccccc5s4)ccc1N3c1ccc(-c3nc4ccccc4s3)cc1O2. The van der Waals surface area contributed by atoms with Crippen molar-refractivity contribution in [2.24, 2.45) is 0 Å². The van der Waals surface area contributed by atoms with Gasteiger partial charge in [-0.05, 0) is 72.8 Å². The largest absolute Gasteiger partial charge is 0.453 e. The molecule has 0 amide bonds. The minimum atomic E-state index is 0.735. The zero-order valence-electron chi connectivity index (χ0n) is 20.6. The quantitative estimate of drug-likeness (QED) is 0.193. The maximum atomic E-state index is 6.50. The molecule has 4 heterocycles. The summed E-state index contributed by atoms with van der Waals surface area (Å²) in [5.41, 5.74) is 6.87. The highest BCUT2D eigenvalue weighted by Gasteiger charge is 2.35. The van der Waals surface area contributed by atoms with E-state index in [4.69, 9.17) is 19.4 Å². The molecule has 0 aliphatic carbocycles. The fourth-order valence-corrected chi connectivity index (χ4v) is 7.69. The highest BCUT2D eigenvalue weighted by molar-refractivity contribution is 9.10. The Bertz CT molecular complexity index is 1960. The minimum Gasteiger partial charge on any atom is -0.453 e. The standard InChI is InChI=1S/C32H16BrN3O2S2/c33-19-15-26-30-27(16-19)38-25-14-18(32-35-21-6-2-4-8-29(21)40-32)10-12-23(25)36(30)22-11-9-17(13-24(22)37-26)31-34-20-5-1-3-7-28(20)39-31/h1-16H. The van der Waals surface area contributed by atoms with Crippen LogP contribution in [-0.4, -0.2) is 9.97 Å². The molecule has 0 atom stereocenters. The van der Waals surface area contributed by atoms with Crippen LogP contribution in [0.15, 0.2) is 102 Å². The van der Waals surface area contributed by atoms with Gasteiger partial charge in [0, 0.05) is 15.6 Å². The lowest BCUT2D eigenvalue weighted by atomic mass is 10.1. The van der Waals surface area contributed by atoms with Gasteiger partial charge in [0.15, 0.2) is 23.0 Å². The Morgan fingerprint density at radius 2 is 1.07 bits per heavy atom. The molecule has 2 aliphatic rings. The summed E-state index contributed by atoms with van der Waals surface area (Å²) in [4.78, 5) is 12.0. The molecule has 5 aromatic carbocycles. The average molecular weight is 619 g/mol. The normalized spacial score (nSPS) is 13.0. The molecule has 40 heavy (non-hydrogen) atoms. The maximum absolute atomic E-state index is 6.50. The fraction of sp³-hybridized carbons (Fsp3) is 0. The van der Waals surface area contributed by atoms with Crippen LogP contribution in [0.25, 0.3) is 41.6 Å². The van der Waals surface area contributed by atoms with Crippen molar-refractivity contribution >= 4 is 76.1 Å². The zero-order chi connectivity index (χ0) is 26.4. The van der Waals surface area contributed by atoms with Crippen LogP contribution < -0.4 is 14.4 Å². The monoisotopic (exact) mass is 617 g/mol. The van der Waals surface area contributed by atoms with E-state index in [9.17, 15) is 0 Å². The first-order chi connectivity index (χ1) is 19.7. The van der Waals surface area contributed by atoms with Gasteiger partial charge in [-0.15, -0.1) is 22.7 Å². The molecule has 0 saturated carbocycles. The molecule has 0 spiro atoms. The molecule has 0 saturated heterocycles. The fourth-order valence-electron chi connectivity index (χ4n) is 5.35.